The summed E-state index contributed by atoms with van der Waals surface area (Å²) in [6, 6.07) is 8.12. The maximum Gasteiger partial charge on any atom is 0.220 e. The normalized spacial score (nSPS) is 27.6. The minimum atomic E-state index is 0.239. The average molecular weight is 293 g/mol. The molecule has 2 aliphatic rings. The molecule has 1 N–H and O–H groups in total. The smallest absolute Gasteiger partial charge is 0.220 e. The molecular formula is C16H21ClN2O. The summed E-state index contributed by atoms with van der Waals surface area (Å²) >= 11 is 5.92. The van der Waals surface area contributed by atoms with Gasteiger partial charge in [-0.1, -0.05) is 23.7 Å². The number of hydrogen-bond acceptors (Lipinski definition) is 2. The molecule has 1 aromatic carbocycles. The SMILES string of the molecule is O=C1CC2CCN(Cc3ccc(Cl)cc3)CC2CCN1. The molecular weight excluding hydrogens is 272 g/mol. The van der Waals surface area contributed by atoms with Crippen LogP contribution >= 0.6 is 11.6 Å². The lowest BCUT2D eigenvalue weighted by Crippen LogP contribution is -2.40. The number of likely N-dealkylation sites (tertiary alicyclic amines) is 1. The molecule has 108 valence electrons. The molecule has 2 heterocycles. The van der Waals surface area contributed by atoms with Gasteiger partial charge in [0, 0.05) is 31.1 Å². The zero-order chi connectivity index (χ0) is 13.9. The number of halogens is 1. The van der Waals surface area contributed by atoms with Gasteiger partial charge < -0.3 is 5.32 Å². The Morgan fingerprint density at radius 1 is 1.20 bits per heavy atom. The predicted octanol–water partition coefficient (Wildman–Crippen LogP) is 2.69. The third kappa shape index (κ3) is 3.33. The molecule has 3 rings (SSSR count). The van der Waals surface area contributed by atoms with Crippen LogP contribution in [0.1, 0.15) is 24.8 Å². The number of carbonyl (C=O) groups excluding carboxylic acids is 1. The van der Waals surface area contributed by atoms with Gasteiger partial charge in [0.15, 0.2) is 0 Å². The number of amides is 1. The Labute approximate surface area is 125 Å². The molecule has 3 nitrogen and oxygen atoms in total. The van der Waals surface area contributed by atoms with Crippen molar-refractivity contribution in [2.24, 2.45) is 11.8 Å². The number of piperidine rings is 1. The zero-order valence-electron chi connectivity index (χ0n) is 11.6. The van der Waals surface area contributed by atoms with E-state index in [1.54, 1.807) is 0 Å². The summed E-state index contributed by atoms with van der Waals surface area (Å²) in [5, 5.41) is 3.79. The Bertz CT molecular complexity index is 474. The number of rotatable bonds is 2. The third-order valence-electron chi connectivity index (χ3n) is 4.58. The summed E-state index contributed by atoms with van der Waals surface area (Å²) in [5.41, 5.74) is 1.32. The minimum absolute atomic E-state index is 0.239. The molecule has 0 aliphatic carbocycles. The van der Waals surface area contributed by atoms with E-state index in [0.29, 0.717) is 11.8 Å². The Morgan fingerprint density at radius 2 is 2.00 bits per heavy atom. The second-order valence-electron chi connectivity index (χ2n) is 6.01. The molecule has 2 aliphatic heterocycles. The van der Waals surface area contributed by atoms with Crippen LogP contribution in [0.25, 0.3) is 0 Å². The Kier molecular flexibility index (Phi) is 4.27. The number of nitrogens with one attached hydrogen (secondary N) is 1. The van der Waals surface area contributed by atoms with Crippen molar-refractivity contribution in [3.63, 3.8) is 0 Å². The fraction of sp³-hybridized carbons (Fsp3) is 0.562. The van der Waals surface area contributed by atoms with Gasteiger partial charge in [-0.05, 0) is 48.9 Å². The highest BCUT2D eigenvalue weighted by molar-refractivity contribution is 6.30. The molecule has 1 amide bonds. The van der Waals surface area contributed by atoms with E-state index in [2.05, 4.69) is 22.3 Å². The van der Waals surface area contributed by atoms with E-state index in [4.69, 9.17) is 11.6 Å². The van der Waals surface area contributed by atoms with Gasteiger partial charge in [0.05, 0.1) is 0 Å². The van der Waals surface area contributed by atoms with Crippen LogP contribution in [0.3, 0.4) is 0 Å². The first-order chi connectivity index (χ1) is 9.70. The molecule has 0 spiro atoms. The van der Waals surface area contributed by atoms with Crippen LogP contribution in [0.2, 0.25) is 5.02 Å². The maximum atomic E-state index is 11.6. The van der Waals surface area contributed by atoms with Crippen LogP contribution in [0.5, 0.6) is 0 Å². The highest BCUT2D eigenvalue weighted by Gasteiger charge is 2.32. The van der Waals surface area contributed by atoms with Gasteiger partial charge in [0.2, 0.25) is 5.91 Å². The Hall–Kier alpha value is -1.06. The highest BCUT2D eigenvalue weighted by Crippen LogP contribution is 2.31. The second kappa shape index (κ2) is 6.15. The van der Waals surface area contributed by atoms with Gasteiger partial charge in [-0.25, -0.2) is 0 Å². The molecule has 4 heteroatoms. The monoisotopic (exact) mass is 292 g/mol. The van der Waals surface area contributed by atoms with E-state index in [1.807, 2.05) is 12.1 Å². The van der Waals surface area contributed by atoms with Gasteiger partial charge >= 0.3 is 0 Å². The van der Waals surface area contributed by atoms with Crippen LogP contribution in [0, 0.1) is 11.8 Å². The molecule has 2 atom stereocenters. The Balaban J connectivity index is 1.60. The van der Waals surface area contributed by atoms with Crippen molar-refractivity contribution in [1.82, 2.24) is 10.2 Å². The van der Waals surface area contributed by atoms with Crippen molar-refractivity contribution in [3.05, 3.63) is 34.9 Å². The van der Waals surface area contributed by atoms with Gasteiger partial charge in [0.1, 0.15) is 0 Å². The predicted molar refractivity (Wildman–Crippen MR) is 80.6 cm³/mol. The molecule has 20 heavy (non-hydrogen) atoms. The van der Waals surface area contributed by atoms with E-state index >= 15 is 0 Å². The number of carbonyl (C=O) groups is 1. The molecule has 0 radical (unpaired) electrons. The first-order valence-corrected chi connectivity index (χ1v) is 7.82. The maximum absolute atomic E-state index is 11.6. The molecule has 0 saturated carbocycles. The van der Waals surface area contributed by atoms with Gasteiger partial charge in [-0.15, -0.1) is 0 Å². The lowest BCUT2D eigenvalue weighted by molar-refractivity contribution is -0.121. The van der Waals surface area contributed by atoms with E-state index in [0.717, 1.165) is 50.5 Å². The lowest BCUT2D eigenvalue weighted by Gasteiger charge is -2.37. The van der Waals surface area contributed by atoms with E-state index < -0.39 is 0 Å². The zero-order valence-corrected chi connectivity index (χ0v) is 12.4. The fourth-order valence-corrected chi connectivity index (χ4v) is 3.58. The molecule has 2 unspecified atom stereocenters. The Morgan fingerprint density at radius 3 is 2.80 bits per heavy atom. The number of benzene rings is 1. The summed E-state index contributed by atoms with van der Waals surface area (Å²) in [6.07, 6.45) is 2.98. The van der Waals surface area contributed by atoms with E-state index in [-0.39, 0.29) is 5.91 Å². The van der Waals surface area contributed by atoms with Crippen LogP contribution in [0.15, 0.2) is 24.3 Å². The van der Waals surface area contributed by atoms with Crippen LogP contribution in [-0.4, -0.2) is 30.4 Å². The second-order valence-corrected chi connectivity index (χ2v) is 6.45. The molecule has 0 bridgehead atoms. The van der Waals surface area contributed by atoms with Crippen LogP contribution < -0.4 is 5.32 Å². The number of hydrogen-bond donors (Lipinski definition) is 1. The summed E-state index contributed by atoms with van der Waals surface area (Å²) in [4.78, 5) is 14.1. The highest BCUT2D eigenvalue weighted by atomic mass is 35.5. The first kappa shape index (κ1) is 13.9. The van der Waals surface area contributed by atoms with Gasteiger partial charge in [-0.2, -0.15) is 0 Å². The van der Waals surface area contributed by atoms with Crippen molar-refractivity contribution in [1.29, 1.82) is 0 Å². The minimum Gasteiger partial charge on any atom is -0.356 e. The lowest BCUT2D eigenvalue weighted by atomic mass is 9.82. The third-order valence-corrected chi connectivity index (χ3v) is 4.83. The number of nitrogens with zero attached hydrogens (tertiary/aromatic N) is 1. The molecule has 2 saturated heterocycles. The largest absolute Gasteiger partial charge is 0.356 e. The van der Waals surface area contributed by atoms with Crippen molar-refractivity contribution in [2.75, 3.05) is 19.6 Å². The van der Waals surface area contributed by atoms with Crippen molar-refractivity contribution >= 4 is 17.5 Å². The standard InChI is InChI=1S/C16H21ClN2O/c17-15-3-1-12(2-4-15)10-19-8-6-13-9-16(20)18-7-5-14(13)11-19/h1-4,13-14H,5-11H2,(H,18,20). The quantitative estimate of drug-likeness (QED) is 0.909. The summed E-state index contributed by atoms with van der Waals surface area (Å²) < 4.78 is 0. The van der Waals surface area contributed by atoms with E-state index in [1.165, 1.54) is 5.56 Å². The van der Waals surface area contributed by atoms with Gasteiger partial charge in [0.25, 0.3) is 0 Å². The van der Waals surface area contributed by atoms with Crippen LogP contribution in [-0.2, 0) is 11.3 Å². The van der Waals surface area contributed by atoms with Crippen molar-refractivity contribution in [2.45, 2.75) is 25.8 Å². The number of fused-ring (bicyclic) bond motifs is 1. The fourth-order valence-electron chi connectivity index (χ4n) is 3.45. The van der Waals surface area contributed by atoms with Crippen molar-refractivity contribution in [3.8, 4) is 0 Å². The van der Waals surface area contributed by atoms with E-state index in [9.17, 15) is 4.79 Å². The van der Waals surface area contributed by atoms with Gasteiger partial charge in [-0.3, -0.25) is 9.69 Å². The first-order valence-electron chi connectivity index (χ1n) is 7.44. The average Bonchev–Trinajstić information content (AvgIpc) is 2.62. The van der Waals surface area contributed by atoms with Crippen molar-refractivity contribution < 1.29 is 4.79 Å². The molecule has 0 aromatic heterocycles. The van der Waals surface area contributed by atoms with Crippen LogP contribution in [0.4, 0.5) is 0 Å². The molecule has 2 fully saturated rings. The summed E-state index contributed by atoms with van der Waals surface area (Å²) in [7, 11) is 0. The topological polar surface area (TPSA) is 32.3 Å². The summed E-state index contributed by atoms with van der Waals surface area (Å²) in [6.45, 7) is 4.04. The molecule has 1 aromatic rings. The summed E-state index contributed by atoms with van der Waals surface area (Å²) in [5.74, 6) is 1.48.